The number of aryl methyl sites for hydroxylation is 2. The van der Waals surface area contributed by atoms with Crippen LogP contribution in [0.25, 0.3) is 21.5 Å². The average Bonchev–Trinajstić information content (AvgIpc) is 3.09. The van der Waals surface area contributed by atoms with E-state index in [0.717, 1.165) is 58.4 Å². The van der Waals surface area contributed by atoms with E-state index in [-0.39, 0.29) is 47.5 Å². The van der Waals surface area contributed by atoms with Gasteiger partial charge in [-0.1, -0.05) is 165 Å². The molecule has 0 aliphatic rings. The molecule has 4 aromatic carbocycles. The summed E-state index contributed by atoms with van der Waals surface area (Å²) < 4.78 is 67.6. The molecule has 4 aromatic rings. The maximum atomic E-state index is 11.3. The molecule has 4 rings (SSSR count). The predicted octanol–water partition coefficient (Wildman–Crippen LogP) is 11.3. The van der Waals surface area contributed by atoms with Gasteiger partial charge in [0.1, 0.15) is 20.2 Å². The van der Waals surface area contributed by atoms with E-state index in [1.165, 1.54) is 127 Å². The van der Waals surface area contributed by atoms with Gasteiger partial charge in [0.05, 0.1) is 9.79 Å². The first-order valence-corrected chi connectivity index (χ1v) is 21.8. The van der Waals surface area contributed by atoms with Crippen LogP contribution in [0.1, 0.15) is 141 Å². The molecule has 0 fully saturated rings. The van der Waals surface area contributed by atoms with Gasteiger partial charge in [-0.05, 0) is 82.6 Å². The SMILES string of the molecule is CCCCCCCCCCCc1cccc2ccc(S(=O)(=O)[O-])cc12.CCCCCCCCCCCc1cccc2ccc(S(=O)(=O)[O-])cc12.[Ca+2]. The number of hydrogen-bond donors (Lipinski definition) is 0. The van der Waals surface area contributed by atoms with Crippen molar-refractivity contribution in [3.63, 3.8) is 0 Å². The maximum absolute atomic E-state index is 11.3. The molecule has 276 valence electrons. The second-order valence-electron chi connectivity index (χ2n) is 13.7. The summed E-state index contributed by atoms with van der Waals surface area (Å²) in [6.45, 7) is 4.48. The molecule has 9 heteroatoms. The third-order valence-electron chi connectivity index (χ3n) is 9.56. The number of hydrogen-bond acceptors (Lipinski definition) is 6. The first kappa shape index (κ1) is 45.6. The number of fused-ring (bicyclic) bond motifs is 2. The standard InChI is InChI=1S/2C21H30O3S.Ca/c2*1-2-3-4-5-6-7-8-9-10-12-18-13-11-14-19-15-16-20(17-21(18)19)25(22,23)24;/h2*11,13-17H,2-10,12H2,1H3,(H,22,23,24);/q;;+2/p-2. The largest absolute Gasteiger partial charge is 2.00 e. The van der Waals surface area contributed by atoms with Gasteiger partial charge in [-0.3, -0.25) is 0 Å². The fraction of sp³-hybridized carbons (Fsp3) is 0.524. The Hall–Kier alpha value is -1.52. The summed E-state index contributed by atoms with van der Waals surface area (Å²) in [5.41, 5.74) is 2.26. The van der Waals surface area contributed by atoms with Crippen molar-refractivity contribution in [1.29, 1.82) is 0 Å². The fourth-order valence-corrected chi connectivity index (χ4v) is 7.63. The molecule has 0 saturated heterocycles. The van der Waals surface area contributed by atoms with E-state index in [4.69, 9.17) is 0 Å². The molecule has 6 nitrogen and oxygen atoms in total. The fourth-order valence-electron chi connectivity index (χ4n) is 6.63. The van der Waals surface area contributed by atoms with Crippen LogP contribution >= 0.6 is 0 Å². The zero-order valence-electron chi connectivity index (χ0n) is 31.0. The Morgan fingerprint density at radius 1 is 0.431 bits per heavy atom. The molecular formula is C42H58CaO6S2. The Morgan fingerprint density at radius 3 is 1.06 bits per heavy atom. The van der Waals surface area contributed by atoms with Crippen LogP contribution in [-0.4, -0.2) is 63.7 Å². The van der Waals surface area contributed by atoms with Crippen LogP contribution in [0.2, 0.25) is 0 Å². The number of rotatable bonds is 22. The zero-order chi connectivity index (χ0) is 36.2. The van der Waals surface area contributed by atoms with Gasteiger partial charge in [-0.15, -0.1) is 0 Å². The van der Waals surface area contributed by atoms with E-state index in [2.05, 4.69) is 13.8 Å². The van der Waals surface area contributed by atoms with Crippen LogP contribution in [0.4, 0.5) is 0 Å². The Balaban J connectivity index is 0.000000347. The maximum Gasteiger partial charge on any atom is 2.00 e. The van der Waals surface area contributed by atoms with Gasteiger partial charge in [0.15, 0.2) is 0 Å². The van der Waals surface area contributed by atoms with Crippen molar-refractivity contribution in [3.8, 4) is 0 Å². The summed E-state index contributed by atoms with van der Waals surface area (Å²) in [5, 5.41) is 3.75. The van der Waals surface area contributed by atoms with Crippen molar-refractivity contribution in [2.45, 2.75) is 152 Å². The van der Waals surface area contributed by atoms with Crippen molar-refractivity contribution < 1.29 is 25.9 Å². The van der Waals surface area contributed by atoms with Gasteiger partial charge >= 0.3 is 37.7 Å². The van der Waals surface area contributed by atoms with Crippen LogP contribution in [-0.2, 0) is 33.1 Å². The second-order valence-corrected chi connectivity index (χ2v) is 16.4. The van der Waals surface area contributed by atoms with Crippen LogP contribution in [0.5, 0.6) is 0 Å². The minimum Gasteiger partial charge on any atom is -0.744 e. The smallest absolute Gasteiger partial charge is 0.744 e. The number of unbranched alkanes of at least 4 members (excludes halogenated alkanes) is 16. The quantitative estimate of drug-likeness (QED) is 0.0447. The third kappa shape index (κ3) is 17.0. The van der Waals surface area contributed by atoms with Crippen molar-refractivity contribution in [3.05, 3.63) is 83.9 Å². The van der Waals surface area contributed by atoms with Crippen LogP contribution in [0, 0.1) is 0 Å². The first-order chi connectivity index (χ1) is 24.0. The predicted molar refractivity (Wildman–Crippen MR) is 211 cm³/mol. The van der Waals surface area contributed by atoms with Crippen LogP contribution < -0.4 is 0 Å². The van der Waals surface area contributed by atoms with E-state index in [9.17, 15) is 25.9 Å². The van der Waals surface area contributed by atoms with E-state index >= 15 is 0 Å². The van der Waals surface area contributed by atoms with Crippen LogP contribution in [0.3, 0.4) is 0 Å². The van der Waals surface area contributed by atoms with Crippen molar-refractivity contribution in [2.24, 2.45) is 0 Å². The summed E-state index contributed by atoms with van der Waals surface area (Å²) in [4.78, 5) is -0.279. The van der Waals surface area contributed by atoms with Gasteiger partial charge in [-0.25, -0.2) is 16.8 Å². The molecule has 0 radical (unpaired) electrons. The molecule has 0 bridgehead atoms. The molecule has 0 unspecified atom stereocenters. The first-order valence-electron chi connectivity index (χ1n) is 19.0. The second kappa shape index (κ2) is 24.7. The minimum absolute atomic E-state index is 0. The summed E-state index contributed by atoms with van der Waals surface area (Å²) in [5.74, 6) is 0. The third-order valence-corrected chi connectivity index (χ3v) is 11.2. The molecule has 0 spiro atoms. The van der Waals surface area contributed by atoms with Crippen molar-refractivity contribution in [1.82, 2.24) is 0 Å². The van der Waals surface area contributed by atoms with Gasteiger partial charge in [-0.2, -0.15) is 0 Å². The Kier molecular flexibility index (Phi) is 22.1. The molecule has 0 N–H and O–H groups in total. The monoisotopic (exact) mass is 762 g/mol. The molecule has 0 aliphatic heterocycles. The molecule has 51 heavy (non-hydrogen) atoms. The van der Waals surface area contributed by atoms with Crippen molar-refractivity contribution in [2.75, 3.05) is 0 Å². The zero-order valence-corrected chi connectivity index (χ0v) is 34.9. The molecule has 0 saturated carbocycles. The molecular weight excluding hydrogens is 705 g/mol. The summed E-state index contributed by atoms with van der Waals surface area (Å²) in [6.07, 6.45) is 24.9. The molecule has 0 atom stereocenters. The summed E-state index contributed by atoms with van der Waals surface area (Å²) in [7, 11) is -8.81. The number of benzene rings is 4. The Bertz CT molecular complexity index is 1670. The Labute approximate surface area is 338 Å². The van der Waals surface area contributed by atoms with E-state index in [0.29, 0.717) is 0 Å². The topological polar surface area (TPSA) is 114 Å². The van der Waals surface area contributed by atoms with E-state index < -0.39 is 20.2 Å². The van der Waals surface area contributed by atoms with Gasteiger partial charge in [0, 0.05) is 0 Å². The molecule has 0 amide bonds. The van der Waals surface area contributed by atoms with E-state index in [1.54, 1.807) is 12.1 Å². The molecule has 0 aromatic heterocycles. The summed E-state index contributed by atoms with van der Waals surface area (Å²) in [6, 6.07) is 21.3. The average molecular weight is 763 g/mol. The molecule has 0 aliphatic carbocycles. The normalized spacial score (nSPS) is 11.7. The Morgan fingerprint density at radius 2 is 0.745 bits per heavy atom. The van der Waals surface area contributed by atoms with Crippen molar-refractivity contribution >= 4 is 79.5 Å². The van der Waals surface area contributed by atoms with E-state index in [1.807, 2.05) is 36.4 Å². The summed E-state index contributed by atoms with van der Waals surface area (Å²) >= 11 is 0. The van der Waals surface area contributed by atoms with Gasteiger partial charge in [0.25, 0.3) is 0 Å². The molecule has 0 heterocycles. The minimum atomic E-state index is -4.40. The van der Waals surface area contributed by atoms with Gasteiger partial charge in [0.2, 0.25) is 0 Å². The van der Waals surface area contributed by atoms with Crippen LogP contribution in [0.15, 0.2) is 82.6 Å². The van der Waals surface area contributed by atoms with Gasteiger partial charge < -0.3 is 9.11 Å².